The van der Waals surface area contributed by atoms with E-state index in [0.717, 1.165) is 6.42 Å². The zero-order valence-electron chi connectivity index (χ0n) is 28.1. The number of esters is 2. The molecule has 49 heavy (non-hydrogen) atoms. The maximum absolute atomic E-state index is 13.9. The first-order chi connectivity index (χ1) is 23.7. The second kappa shape index (κ2) is 15.0. The topological polar surface area (TPSA) is 89.5 Å². The predicted octanol–water partition coefficient (Wildman–Crippen LogP) is 8.17. The molecule has 3 unspecified atom stereocenters. The molecule has 0 aliphatic carbocycles. The van der Waals surface area contributed by atoms with Gasteiger partial charge in [-0.1, -0.05) is 91.0 Å². The third-order valence-electron chi connectivity index (χ3n) is 8.48. The largest absolute Gasteiger partial charge is 0.465 e. The second-order valence-electron chi connectivity index (χ2n) is 13.0. The minimum atomic E-state index is -0.697. The first kappa shape index (κ1) is 34.4. The van der Waals surface area contributed by atoms with Crippen molar-refractivity contribution in [3.63, 3.8) is 0 Å². The Labute approximate surface area is 296 Å². The molecule has 1 fully saturated rings. The SMILES string of the molecule is COC(=O)c1ccc(NC(C(=O)OC(C)(C)C)C2CC(SC(c3ccccc3)(c3ccccc3)c3ccccc3)CN2)cc1-c1nccs1. The molecule has 0 spiro atoms. The molecule has 0 radical (unpaired) electrons. The fraction of sp³-hybridized carbons (Fsp3) is 0.275. The minimum absolute atomic E-state index is 0.157. The van der Waals surface area contributed by atoms with E-state index in [-0.39, 0.29) is 17.3 Å². The summed E-state index contributed by atoms with van der Waals surface area (Å²) in [6.07, 6.45) is 2.42. The van der Waals surface area contributed by atoms with Crippen molar-refractivity contribution in [2.24, 2.45) is 0 Å². The first-order valence-corrected chi connectivity index (χ1v) is 18.1. The van der Waals surface area contributed by atoms with Gasteiger partial charge in [0, 0.05) is 40.7 Å². The van der Waals surface area contributed by atoms with Gasteiger partial charge in [-0.2, -0.15) is 0 Å². The summed E-state index contributed by atoms with van der Waals surface area (Å²) < 4.78 is 10.5. The highest BCUT2D eigenvalue weighted by Crippen LogP contribution is 2.51. The molecular weight excluding hydrogens is 651 g/mol. The number of hydrogen-bond acceptors (Lipinski definition) is 9. The normalized spacial score (nSPS) is 16.9. The molecule has 0 bridgehead atoms. The fourth-order valence-corrected chi connectivity index (χ4v) is 8.84. The van der Waals surface area contributed by atoms with Crippen molar-refractivity contribution in [3.05, 3.63) is 143 Å². The maximum atomic E-state index is 13.9. The number of carbonyl (C=O) groups excluding carboxylic acids is 2. The molecule has 9 heteroatoms. The number of ether oxygens (including phenoxy) is 2. The van der Waals surface area contributed by atoms with Crippen LogP contribution in [0.3, 0.4) is 0 Å². The smallest absolute Gasteiger partial charge is 0.338 e. The molecule has 4 aromatic carbocycles. The number of thioether (sulfide) groups is 1. The van der Waals surface area contributed by atoms with Crippen LogP contribution in [-0.4, -0.2) is 53.5 Å². The van der Waals surface area contributed by atoms with Gasteiger partial charge in [-0.25, -0.2) is 14.6 Å². The molecule has 6 rings (SSSR count). The lowest BCUT2D eigenvalue weighted by molar-refractivity contribution is -0.156. The average molecular weight is 692 g/mol. The van der Waals surface area contributed by atoms with E-state index in [0.29, 0.717) is 28.4 Å². The Hall–Kier alpha value is -4.44. The van der Waals surface area contributed by atoms with Gasteiger partial charge in [-0.15, -0.1) is 23.1 Å². The third kappa shape index (κ3) is 7.75. The zero-order valence-corrected chi connectivity index (χ0v) is 29.7. The van der Waals surface area contributed by atoms with E-state index in [1.54, 1.807) is 18.3 Å². The van der Waals surface area contributed by atoms with Gasteiger partial charge in [0.05, 0.1) is 17.4 Å². The maximum Gasteiger partial charge on any atom is 0.338 e. The summed E-state index contributed by atoms with van der Waals surface area (Å²) >= 11 is 3.35. The summed E-state index contributed by atoms with van der Waals surface area (Å²) in [7, 11) is 1.36. The van der Waals surface area contributed by atoms with Crippen molar-refractivity contribution in [3.8, 4) is 10.6 Å². The average Bonchev–Trinajstić information content (AvgIpc) is 3.83. The fourth-order valence-electron chi connectivity index (χ4n) is 6.37. The number of aromatic nitrogens is 1. The number of thiazole rings is 1. The highest BCUT2D eigenvalue weighted by Gasteiger charge is 2.44. The van der Waals surface area contributed by atoms with Gasteiger partial charge in [0.1, 0.15) is 16.7 Å². The van der Waals surface area contributed by atoms with Gasteiger partial charge in [-0.05, 0) is 62.1 Å². The van der Waals surface area contributed by atoms with Crippen LogP contribution in [0.1, 0.15) is 54.2 Å². The monoisotopic (exact) mass is 691 g/mol. The van der Waals surface area contributed by atoms with E-state index < -0.39 is 22.4 Å². The van der Waals surface area contributed by atoms with Crippen LogP contribution in [0.4, 0.5) is 5.69 Å². The van der Waals surface area contributed by atoms with Crippen LogP contribution < -0.4 is 10.6 Å². The van der Waals surface area contributed by atoms with Crippen molar-refractivity contribution in [2.75, 3.05) is 19.0 Å². The van der Waals surface area contributed by atoms with Crippen LogP contribution in [0.25, 0.3) is 10.6 Å². The Balaban J connectivity index is 1.34. The Morgan fingerprint density at radius 2 is 1.49 bits per heavy atom. The number of nitrogens with zero attached hydrogens (tertiary/aromatic N) is 1. The number of nitrogens with one attached hydrogen (secondary N) is 2. The van der Waals surface area contributed by atoms with E-state index in [1.165, 1.54) is 35.1 Å². The summed E-state index contributed by atoms with van der Waals surface area (Å²) in [6, 6.07) is 36.4. The highest BCUT2D eigenvalue weighted by atomic mass is 32.2. The van der Waals surface area contributed by atoms with E-state index >= 15 is 0 Å². The predicted molar refractivity (Wildman–Crippen MR) is 199 cm³/mol. The molecule has 2 heterocycles. The lowest BCUT2D eigenvalue weighted by atomic mass is 9.84. The molecule has 3 atom stereocenters. The second-order valence-corrected chi connectivity index (χ2v) is 15.4. The van der Waals surface area contributed by atoms with Crippen molar-refractivity contribution in [2.45, 2.75) is 54.9 Å². The summed E-state index contributed by atoms with van der Waals surface area (Å²) in [5.74, 6) is -0.791. The first-order valence-electron chi connectivity index (χ1n) is 16.4. The molecule has 2 N–H and O–H groups in total. The van der Waals surface area contributed by atoms with Crippen LogP contribution in [0.15, 0.2) is 121 Å². The van der Waals surface area contributed by atoms with E-state index in [2.05, 4.69) is 107 Å². The number of anilines is 1. The zero-order chi connectivity index (χ0) is 34.4. The molecule has 7 nitrogen and oxygen atoms in total. The van der Waals surface area contributed by atoms with E-state index in [1.807, 2.05) is 44.0 Å². The molecule has 0 amide bonds. The number of methoxy groups -OCH3 is 1. The van der Waals surface area contributed by atoms with Crippen molar-refractivity contribution in [1.29, 1.82) is 0 Å². The number of rotatable bonds is 11. The number of benzene rings is 4. The van der Waals surface area contributed by atoms with Gasteiger partial charge >= 0.3 is 11.9 Å². The van der Waals surface area contributed by atoms with Crippen LogP contribution >= 0.6 is 23.1 Å². The minimum Gasteiger partial charge on any atom is -0.465 e. The molecule has 1 aliphatic heterocycles. The molecule has 1 saturated heterocycles. The lowest BCUT2D eigenvalue weighted by Crippen LogP contribution is -2.48. The van der Waals surface area contributed by atoms with Crippen LogP contribution in [-0.2, 0) is 19.0 Å². The van der Waals surface area contributed by atoms with Gasteiger partial charge in [-0.3, -0.25) is 0 Å². The number of hydrogen-bond donors (Lipinski definition) is 2. The van der Waals surface area contributed by atoms with Crippen LogP contribution in [0.2, 0.25) is 0 Å². The summed E-state index contributed by atoms with van der Waals surface area (Å²) in [4.78, 5) is 31.0. The van der Waals surface area contributed by atoms with Gasteiger partial charge in [0.25, 0.3) is 0 Å². The van der Waals surface area contributed by atoms with Crippen molar-refractivity contribution < 1.29 is 19.1 Å². The standard InChI is InChI=1S/C40H41N3O4S2/c1-39(2,3)47-38(45)35(43-30-20-21-32(37(44)46-4)33(24-30)36-41-22-23-48-36)34-25-31(26-42-34)49-40(27-14-8-5-9-15-27,28-16-10-6-11-17-28)29-18-12-7-13-19-29/h5-24,31,34-35,42-43H,25-26H2,1-4H3. The Morgan fingerprint density at radius 1 is 0.898 bits per heavy atom. The van der Waals surface area contributed by atoms with Gasteiger partial charge in [0.15, 0.2) is 0 Å². The summed E-state index contributed by atoms with van der Waals surface area (Å²) in [6.45, 7) is 6.34. The van der Waals surface area contributed by atoms with Gasteiger partial charge < -0.3 is 20.1 Å². The molecule has 1 aliphatic rings. The van der Waals surface area contributed by atoms with Gasteiger partial charge in [0.2, 0.25) is 0 Å². The molecule has 5 aromatic rings. The Bertz CT molecular complexity index is 1750. The third-order valence-corrected chi connectivity index (χ3v) is 11.0. The summed E-state index contributed by atoms with van der Waals surface area (Å²) in [5, 5.41) is 9.88. The summed E-state index contributed by atoms with van der Waals surface area (Å²) in [5.41, 5.74) is 4.65. The Kier molecular flexibility index (Phi) is 10.5. The molecular formula is C40H41N3O4S2. The number of carbonyl (C=O) groups is 2. The molecule has 0 saturated carbocycles. The highest BCUT2D eigenvalue weighted by molar-refractivity contribution is 8.01. The molecule has 1 aromatic heterocycles. The van der Waals surface area contributed by atoms with Crippen molar-refractivity contribution in [1.82, 2.24) is 10.3 Å². The molecule has 252 valence electrons. The quantitative estimate of drug-likeness (QED) is 0.106. The lowest BCUT2D eigenvalue weighted by Gasteiger charge is -2.37. The van der Waals surface area contributed by atoms with E-state index in [4.69, 9.17) is 9.47 Å². The van der Waals surface area contributed by atoms with Crippen LogP contribution in [0.5, 0.6) is 0 Å². The van der Waals surface area contributed by atoms with E-state index in [9.17, 15) is 9.59 Å². The van der Waals surface area contributed by atoms with Crippen molar-refractivity contribution >= 4 is 40.7 Å². The van der Waals surface area contributed by atoms with Crippen LogP contribution in [0, 0.1) is 0 Å². The Morgan fingerprint density at radius 3 is 2.00 bits per heavy atom.